The lowest BCUT2D eigenvalue weighted by atomic mass is 10.2. The fraction of sp³-hybridized carbons (Fsp3) is 0.227. The SMILES string of the molecule is Cc1ccc(-n2c(SCC(=O)Nc3nnc(C(C)C)o3)nc3ccccc3c2=O)cc1F. The van der Waals surface area contributed by atoms with Gasteiger partial charge >= 0.3 is 6.01 Å². The van der Waals surface area contributed by atoms with Crippen LogP contribution in [0.5, 0.6) is 0 Å². The van der Waals surface area contributed by atoms with Crippen LogP contribution in [-0.4, -0.2) is 31.4 Å². The van der Waals surface area contributed by atoms with E-state index >= 15 is 0 Å². The van der Waals surface area contributed by atoms with Crippen molar-refractivity contribution in [1.29, 1.82) is 0 Å². The van der Waals surface area contributed by atoms with Crippen LogP contribution in [0.2, 0.25) is 0 Å². The van der Waals surface area contributed by atoms with E-state index in [0.29, 0.717) is 28.0 Å². The lowest BCUT2D eigenvalue weighted by molar-refractivity contribution is -0.113. The van der Waals surface area contributed by atoms with Crippen LogP contribution in [0.15, 0.2) is 56.8 Å². The number of amides is 1. The van der Waals surface area contributed by atoms with Crippen LogP contribution in [0.3, 0.4) is 0 Å². The highest BCUT2D eigenvalue weighted by atomic mass is 32.2. The number of nitrogens with one attached hydrogen (secondary N) is 1. The van der Waals surface area contributed by atoms with Crippen molar-refractivity contribution < 1.29 is 13.6 Å². The molecule has 32 heavy (non-hydrogen) atoms. The number of aromatic nitrogens is 4. The Morgan fingerprint density at radius 2 is 2.00 bits per heavy atom. The minimum Gasteiger partial charge on any atom is -0.408 e. The van der Waals surface area contributed by atoms with E-state index in [4.69, 9.17) is 4.42 Å². The number of anilines is 1. The summed E-state index contributed by atoms with van der Waals surface area (Å²) in [7, 11) is 0. The third-order valence-corrected chi connectivity index (χ3v) is 5.61. The number of nitrogens with zero attached hydrogens (tertiary/aromatic N) is 4. The van der Waals surface area contributed by atoms with Crippen LogP contribution in [-0.2, 0) is 4.79 Å². The smallest absolute Gasteiger partial charge is 0.322 e. The molecule has 2 aromatic heterocycles. The van der Waals surface area contributed by atoms with Crippen molar-refractivity contribution in [1.82, 2.24) is 19.7 Å². The summed E-state index contributed by atoms with van der Waals surface area (Å²) in [6, 6.07) is 11.4. The summed E-state index contributed by atoms with van der Waals surface area (Å²) >= 11 is 1.05. The van der Waals surface area contributed by atoms with E-state index in [2.05, 4.69) is 20.5 Å². The summed E-state index contributed by atoms with van der Waals surface area (Å²) < 4.78 is 20.9. The molecule has 2 heterocycles. The van der Waals surface area contributed by atoms with Gasteiger partial charge in [0.25, 0.3) is 5.56 Å². The van der Waals surface area contributed by atoms with Gasteiger partial charge in [-0.25, -0.2) is 9.37 Å². The minimum absolute atomic E-state index is 0.00349. The Bertz CT molecular complexity index is 1370. The van der Waals surface area contributed by atoms with Gasteiger partial charge in [0.1, 0.15) is 5.82 Å². The number of rotatable bonds is 6. The second-order valence-corrected chi connectivity index (χ2v) is 8.37. The van der Waals surface area contributed by atoms with Gasteiger partial charge < -0.3 is 4.42 Å². The maximum Gasteiger partial charge on any atom is 0.322 e. The second kappa shape index (κ2) is 8.91. The van der Waals surface area contributed by atoms with E-state index in [0.717, 1.165) is 11.8 Å². The fourth-order valence-corrected chi connectivity index (χ4v) is 3.77. The molecule has 8 nitrogen and oxygen atoms in total. The number of hydrogen-bond donors (Lipinski definition) is 1. The molecule has 164 valence electrons. The molecule has 0 atom stereocenters. The van der Waals surface area contributed by atoms with Gasteiger partial charge in [0.2, 0.25) is 11.8 Å². The lowest BCUT2D eigenvalue weighted by Crippen LogP contribution is -2.23. The van der Waals surface area contributed by atoms with Gasteiger partial charge in [0, 0.05) is 5.92 Å². The minimum atomic E-state index is -0.436. The second-order valence-electron chi connectivity index (χ2n) is 7.42. The van der Waals surface area contributed by atoms with Gasteiger partial charge in [0.15, 0.2) is 5.16 Å². The van der Waals surface area contributed by atoms with Crippen molar-refractivity contribution in [3.05, 3.63) is 70.1 Å². The topological polar surface area (TPSA) is 103 Å². The van der Waals surface area contributed by atoms with Gasteiger partial charge in [-0.05, 0) is 36.8 Å². The maximum atomic E-state index is 14.2. The summed E-state index contributed by atoms with van der Waals surface area (Å²) in [6.45, 7) is 5.43. The average Bonchev–Trinajstić information content (AvgIpc) is 3.23. The van der Waals surface area contributed by atoms with Crippen molar-refractivity contribution in [3.63, 3.8) is 0 Å². The largest absolute Gasteiger partial charge is 0.408 e. The molecule has 0 fully saturated rings. The number of fused-ring (bicyclic) bond motifs is 1. The number of hydrogen-bond acceptors (Lipinski definition) is 7. The van der Waals surface area contributed by atoms with Gasteiger partial charge in [0.05, 0.1) is 22.3 Å². The number of halogens is 1. The highest BCUT2D eigenvalue weighted by molar-refractivity contribution is 7.99. The Morgan fingerprint density at radius 1 is 1.22 bits per heavy atom. The molecule has 4 aromatic rings. The van der Waals surface area contributed by atoms with Gasteiger partial charge in [-0.1, -0.05) is 48.9 Å². The van der Waals surface area contributed by atoms with E-state index in [-0.39, 0.29) is 28.4 Å². The molecular formula is C22H20FN5O3S. The summed E-state index contributed by atoms with van der Waals surface area (Å²) in [5.41, 5.74) is 0.935. The van der Waals surface area contributed by atoms with Crippen LogP contribution in [0, 0.1) is 12.7 Å². The van der Waals surface area contributed by atoms with Crippen molar-refractivity contribution in [2.24, 2.45) is 0 Å². The summed E-state index contributed by atoms with van der Waals surface area (Å²) in [5, 5.41) is 10.9. The Kier molecular flexibility index (Phi) is 6.04. The number of thioether (sulfide) groups is 1. The molecular weight excluding hydrogens is 433 g/mol. The first kappa shape index (κ1) is 21.7. The molecule has 0 aliphatic rings. The maximum absolute atomic E-state index is 14.2. The molecule has 4 rings (SSSR count). The predicted octanol–water partition coefficient (Wildman–Crippen LogP) is 4.07. The Balaban J connectivity index is 1.65. The van der Waals surface area contributed by atoms with Crippen molar-refractivity contribution >= 4 is 34.6 Å². The third kappa shape index (κ3) is 4.40. The zero-order chi connectivity index (χ0) is 22.8. The monoisotopic (exact) mass is 453 g/mol. The first-order chi connectivity index (χ1) is 15.3. The van der Waals surface area contributed by atoms with Crippen LogP contribution < -0.4 is 10.9 Å². The molecule has 1 N–H and O–H groups in total. The lowest BCUT2D eigenvalue weighted by Gasteiger charge is -2.13. The number of para-hydroxylation sites is 1. The molecule has 0 bridgehead atoms. The van der Waals surface area contributed by atoms with E-state index in [1.165, 1.54) is 10.6 Å². The zero-order valence-electron chi connectivity index (χ0n) is 17.6. The number of benzene rings is 2. The van der Waals surface area contributed by atoms with Crippen LogP contribution in [0.4, 0.5) is 10.4 Å². The van der Waals surface area contributed by atoms with Crippen molar-refractivity contribution in [2.45, 2.75) is 31.8 Å². The first-order valence-corrected chi connectivity index (χ1v) is 10.9. The molecule has 0 saturated carbocycles. The summed E-state index contributed by atoms with van der Waals surface area (Å²) in [6.07, 6.45) is 0. The molecule has 0 spiro atoms. The van der Waals surface area contributed by atoms with Crippen molar-refractivity contribution in [3.8, 4) is 5.69 Å². The predicted molar refractivity (Wildman–Crippen MR) is 120 cm³/mol. The van der Waals surface area contributed by atoms with Gasteiger partial charge in [-0.2, -0.15) is 0 Å². The zero-order valence-corrected chi connectivity index (χ0v) is 18.4. The van der Waals surface area contributed by atoms with E-state index in [1.807, 2.05) is 13.8 Å². The Labute approximate surface area is 186 Å². The molecule has 0 aliphatic heterocycles. The fourth-order valence-electron chi connectivity index (χ4n) is 2.96. The van der Waals surface area contributed by atoms with Crippen LogP contribution >= 0.6 is 11.8 Å². The number of aryl methyl sites for hydroxylation is 1. The molecule has 0 aliphatic carbocycles. The summed E-state index contributed by atoms with van der Waals surface area (Å²) in [5.74, 6) is -0.460. The molecule has 0 unspecified atom stereocenters. The van der Waals surface area contributed by atoms with Gasteiger partial charge in [-0.15, -0.1) is 5.10 Å². The highest BCUT2D eigenvalue weighted by Crippen LogP contribution is 2.23. The summed E-state index contributed by atoms with van der Waals surface area (Å²) in [4.78, 5) is 30.2. The van der Waals surface area contributed by atoms with Crippen molar-refractivity contribution in [2.75, 3.05) is 11.1 Å². The Morgan fingerprint density at radius 3 is 2.72 bits per heavy atom. The van der Waals surface area contributed by atoms with E-state index in [9.17, 15) is 14.0 Å². The number of carbonyl (C=O) groups is 1. The van der Waals surface area contributed by atoms with E-state index in [1.54, 1.807) is 43.3 Å². The van der Waals surface area contributed by atoms with Crippen LogP contribution in [0.1, 0.15) is 31.2 Å². The Hall–Kier alpha value is -3.53. The third-order valence-electron chi connectivity index (χ3n) is 4.67. The highest BCUT2D eigenvalue weighted by Gasteiger charge is 2.17. The molecule has 1 amide bonds. The quantitative estimate of drug-likeness (QED) is 0.347. The van der Waals surface area contributed by atoms with Crippen LogP contribution in [0.25, 0.3) is 16.6 Å². The van der Waals surface area contributed by atoms with E-state index < -0.39 is 11.7 Å². The molecule has 2 aromatic carbocycles. The molecule has 0 radical (unpaired) electrons. The molecule has 0 saturated heterocycles. The normalized spacial score (nSPS) is 11.3. The average molecular weight is 453 g/mol. The number of carbonyl (C=O) groups excluding carboxylic acids is 1. The first-order valence-electron chi connectivity index (χ1n) is 9.88. The standard InChI is InChI=1S/C22H20FN5O3S/c1-12(2)19-26-27-21(31-19)25-18(29)11-32-22-24-17-7-5-4-6-15(17)20(30)28(22)14-9-8-13(3)16(23)10-14/h4-10,12H,11H2,1-3H3,(H,25,27,29). The molecule has 10 heteroatoms. The van der Waals surface area contributed by atoms with Gasteiger partial charge in [-0.3, -0.25) is 19.5 Å².